The Hall–Kier alpha value is -2.11. The second kappa shape index (κ2) is 5.03. The Bertz CT molecular complexity index is 599. The third-order valence-corrected chi connectivity index (χ3v) is 2.59. The van der Waals surface area contributed by atoms with Crippen LogP contribution >= 0.6 is 0 Å². The van der Waals surface area contributed by atoms with Gasteiger partial charge in [0.2, 0.25) is 0 Å². The van der Waals surface area contributed by atoms with Crippen LogP contribution in [0.3, 0.4) is 0 Å². The molecular formula is C12H17N5O. The van der Waals surface area contributed by atoms with Gasteiger partial charge in [-0.1, -0.05) is 0 Å². The van der Waals surface area contributed by atoms with Crippen LogP contribution < -0.4 is 11.0 Å². The zero-order valence-electron chi connectivity index (χ0n) is 10.8. The van der Waals surface area contributed by atoms with Crippen molar-refractivity contribution in [1.29, 1.82) is 0 Å². The Kier molecular flexibility index (Phi) is 3.45. The molecule has 0 saturated carbocycles. The molecule has 0 aromatic carbocycles. The van der Waals surface area contributed by atoms with Gasteiger partial charge in [-0.3, -0.25) is 4.57 Å². The second-order valence-electron chi connectivity index (χ2n) is 4.16. The van der Waals surface area contributed by atoms with E-state index in [0.29, 0.717) is 12.4 Å². The number of anilines is 1. The van der Waals surface area contributed by atoms with Gasteiger partial charge in [0.15, 0.2) is 5.82 Å². The van der Waals surface area contributed by atoms with Crippen LogP contribution in [0.25, 0.3) is 0 Å². The maximum atomic E-state index is 11.7. The third-order valence-electron chi connectivity index (χ3n) is 2.59. The first kappa shape index (κ1) is 12.3. The van der Waals surface area contributed by atoms with E-state index in [1.165, 1.54) is 4.57 Å². The normalized spacial score (nSPS) is 10.6. The summed E-state index contributed by atoms with van der Waals surface area (Å²) in [6.07, 6.45) is 3.46. The summed E-state index contributed by atoms with van der Waals surface area (Å²) in [5, 5.41) is 3.15. The molecule has 0 unspecified atom stereocenters. The van der Waals surface area contributed by atoms with Crippen LogP contribution in [0.4, 0.5) is 5.82 Å². The van der Waals surface area contributed by atoms with Crippen LogP contribution in [-0.2, 0) is 13.6 Å². The largest absolute Gasteiger partial charge is 0.370 e. The highest BCUT2D eigenvalue weighted by atomic mass is 16.1. The predicted molar refractivity (Wildman–Crippen MR) is 69.7 cm³/mol. The van der Waals surface area contributed by atoms with Crippen molar-refractivity contribution in [2.75, 3.05) is 11.9 Å². The highest BCUT2D eigenvalue weighted by molar-refractivity contribution is 5.35. The summed E-state index contributed by atoms with van der Waals surface area (Å²) in [6.45, 7) is 5.12. The molecule has 0 bridgehead atoms. The van der Waals surface area contributed by atoms with Crippen LogP contribution in [0, 0.1) is 6.92 Å². The van der Waals surface area contributed by atoms with Gasteiger partial charge in [-0.15, -0.1) is 0 Å². The van der Waals surface area contributed by atoms with Crippen molar-refractivity contribution < 1.29 is 0 Å². The quantitative estimate of drug-likeness (QED) is 0.866. The molecule has 0 aliphatic rings. The van der Waals surface area contributed by atoms with E-state index in [1.54, 1.807) is 24.0 Å². The number of hydrogen-bond acceptors (Lipinski definition) is 4. The number of nitrogens with zero attached hydrogens (tertiary/aromatic N) is 4. The molecule has 0 radical (unpaired) electrons. The number of rotatable bonds is 4. The third kappa shape index (κ3) is 2.58. The van der Waals surface area contributed by atoms with E-state index in [4.69, 9.17) is 0 Å². The minimum atomic E-state index is -0.0647. The zero-order chi connectivity index (χ0) is 13.1. The van der Waals surface area contributed by atoms with E-state index in [1.807, 2.05) is 19.9 Å². The smallest absolute Gasteiger partial charge is 0.328 e. The molecule has 2 rings (SSSR count). The molecule has 0 atom stereocenters. The first-order chi connectivity index (χ1) is 8.60. The number of hydrogen-bond donors (Lipinski definition) is 1. The topological polar surface area (TPSA) is 64.7 Å². The lowest BCUT2D eigenvalue weighted by Gasteiger charge is -2.06. The summed E-state index contributed by atoms with van der Waals surface area (Å²) in [5.74, 6) is 1.43. The van der Waals surface area contributed by atoms with Crippen molar-refractivity contribution in [1.82, 2.24) is 19.1 Å². The predicted octanol–water partition coefficient (Wildman–Crippen LogP) is 0.765. The molecule has 0 amide bonds. The standard InChI is InChI=1S/C12H17N5O/c1-4-13-10-7-9(2)14-11(15-10)8-17-6-5-16(3)12(17)18/h5-7H,4,8H2,1-3H3,(H,13,14,15). The van der Waals surface area contributed by atoms with Gasteiger partial charge in [0.1, 0.15) is 5.82 Å². The highest BCUT2D eigenvalue weighted by Crippen LogP contribution is 2.06. The van der Waals surface area contributed by atoms with Crippen molar-refractivity contribution in [3.63, 3.8) is 0 Å². The summed E-state index contributed by atoms with van der Waals surface area (Å²) < 4.78 is 3.12. The number of aryl methyl sites for hydroxylation is 2. The van der Waals surface area contributed by atoms with E-state index >= 15 is 0 Å². The molecule has 6 heteroatoms. The van der Waals surface area contributed by atoms with Gasteiger partial charge < -0.3 is 9.88 Å². The van der Waals surface area contributed by atoms with E-state index in [-0.39, 0.29) is 5.69 Å². The Morgan fingerprint density at radius 3 is 2.72 bits per heavy atom. The molecule has 96 valence electrons. The summed E-state index contributed by atoms with van der Waals surface area (Å²) in [5.41, 5.74) is 0.824. The molecule has 0 saturated heterocycles. The van der Waals surface area contributed by atoms with Crippen LogP contribution in [0.1, 0.15) is 18.4 Å². The van der Waals surface area contributed by atoms with Crippen molar-refractivity contribution in [2.24, 2.45) is 7.05 Å². The fourth-order valence-electron chi connectivity index (χ4n) is 1.76. The second-order valence-corrected chi connectivity index (χ2v) is 4.16. The maximum Gasteiger partial charge on any atom is 0.328 e. The fourth-order valence-corrected chi connectivity index (χ4v) is 1.76. The Labute approximate surface area is 105 Å². The molecule has 1 N–H and O–H groups in total. The Morgan fingerprint density at radius 2 is 2.11 bits per heavy atom. The van der Waals surface area contributed by atoms with Gasteiger partial charge in [0, 0.05) is 37.7 Å². The molecule has 0 aliphatic heterocycles. The summed E-state index contributed by atoms with van der Waals surface area (Å²) in [4.78, 5) is 20.4. The van der Waals surface area contributed by atoms with E-state index in [9.17, 15) is 4.79 Å². The summed E-state index contributed by atoms with van der Waals surface area (Å²) >= 11 is 0. The molecule has 2 aromatic rings. The van der Waals surface area contributed by atoms with Gasteiger partial charge in [0.05, 0.1) is 6.54 Å². The number of aromatic nitrogens is 4. The van der Waals surface area contributed by atoms with E-state index < -0.39 is 0 Å². The molecular weight excluding hydrogens is 230 g/mol. The fraction of sp³-hybridized carbons (Fsp3) is 0.417. The van der Waals surface area contributed by atoms with Crippen molar-refractivity contribution in [3.05, 3.63) is 40.5 Å². The number of nitrogens with one attached hydrogen (secondary N) is 1. The van der Waals surface area contributed by atoms with E-state index in [0.717, 1.165) is 18.1 Å². The van der Waals surface area contributed by atoms with Crippen LogP contribution in [0.5, 0.6) is 0 Å². The van der Waals surface area contributed by atoms with Crippen molar-refractivity contribution >= 4 is 5.82 Å². The SMILES string of the molecule is CCNc1cc(C)nc(Cn2ccn(C)c2=O)n1. The van der Waals surface area contributed by atoms with Crippen LogP contribution in [0.15, 0.2) is 23.3 Å². The van der Waals surface area contributed by atoms with E-state index in [2.05, 4.69) is 15.3 Å². The lowest BCUT2D eigenvalue weighted by Crippen LogP contribution is -2.23. The van der Waals surface area contributed by atoms with Gasteiger partial charge in [0.25, 0.3) is 0 Å². The number of imidazole rings is 1. The first-order valence-corrected chi connectivity index (χ1v) is 5.90. The van der Waals surface area contributed by atoms with Gasteiger partial charge in [-0.25, -0.2) is 14.8 Å². The lowest BCUT2D eigenvalue weighted by atomic mass is 10.4. The lowest BCUT2D eigenvalue weighted by molar-refractivity contribution is 0.685. The summed E-state index contributed by atoms with van der Waals surface area (Å²) in [7, 11) is 1.72. The van der Waals surface area contributed by atoms with Crippen molar-refractivity contribution in [2.45, 2.75) is 20.4 Å². The maximum absolute atomic E-state index is 11.7. The zero-order valence-corrected chi connectivity index (χ0v) is 10.8. The van der Waals surface area contributed by atoms with Crippen LogP contribution in [-0.4, -0.2) is 25.6 Å². The molecule has 0 aliphatic carbocycles. The molecule has 0 spiro atoms. The van der Waals surface area contributed by atoms with Crippen LogP contribution in [0.2, 0.25) is 0 Å². The van der Waals surface area contributed by atoms with Crippen molar-refractivity contribution in [3.8, 4) is 0 Å². The van der Waals surface area contributed by atoms with Gasteiger partial charge in [-0.2, -0.15) is 0 Å². The Morgan fingerprint density at radius 1 is 1.33 bits per heavy atom. The molecule has 0 fully saturated rings. The minimum absolute atomic E-state index is 0.0647. The van der Waals surface area contributed by atoms with Gasteiger partial charge >= 0.3 is 5.69 Å². The minimum Gasteiger partial charge on any atom is -0.370 e. The Balaban J connectivity index is 2.28. The highest BCUT2D eigenvalue weighted by Gasteiger charge is 2.05. The van der Waals surface area contributed by atoms with Gasteiger partial charge in [-0.05, 0) is 13.8 Å². The monoisotopic (exact) mass is 247 g/mol. The molecule has 6 nitrogen and oxygen atoms in total. The molecule has 2 heterocycles. The molecule has 2 aromatic heterocycles. The average molecular weight is 247 g/mol. The first-order valence-electron chi connectivity index (χ1n) is 5.90. The summed E-state index contributed by atoms with van der Waals surface area (Å²) in [6, 6.07) is 1.89. The molecule has 18 heavy (non-hydrogen) atoms. The average Bonchev–Trinajstić information content (AvgIpc) is 2.61.